The van der Waals surface area contributed by atoms with Crippen LogP contribution < -0.4 is 15.4 Å². The molecule has 3 rings (SSSR count). The third kappa shape index (κ3) is 5.10. The fourth-order valence-electron chi connectivity index (χ4n) is 3.81. The Hall–Kier alpha value is -3.35. The van der Waals surface area contributed by atoms with Crippen molar-refractivity contribution in [3.05, 3.63) is 55.1 Å². The molecule has 0 spiro atoms. The summed E-state index contributed by atoms with van der Waals surface area (Å²) in [7, 11) is 0. The second-order valence-electron chi connectivity index (χ2n) is 7.79. The molecule has 1 unspecified atom stereocenters. The zero-order chi connectivity index (χ0) is 23.1. The minimum absolute atomic E-state index is 0.136. The highest BCUT2D eigenvalue weighted by atomic mass is 16.5. The standard InChI is InChI=1S/C25H33N5O2/c1-5-18(4)25(31)30-12-10-29(11-13-30)23-9-8-20(16-27-23)22-14-21(32-7-3)17-28-24(22)19(6-2)15-26/h5,8-9,14-18H,1,6-7,10-13,26H2,2-4H3. The van der Waals surface area contributed by atoms with Crippen LogP contribution in [0.2, 0.25) is 0 Å². The predicted molar refractivity (Wildman–Crippen MR) is 129 cm³/mol. The van der Waals surface area contributed by atoms with Gasteiger partial charge in [0.15, 0.2) is 0 Å². The van der Waals surface area contributed by atoms with Crippen molar-refractivity contribution >= 4 is 17.3 Å². The van der Waals surface area contributed by atoms with Gasteiger partial charge in [-0.2, -0.15) is 0 Å². The van der Waals surface area contributed by atoms with Crippen LogP contribution in [-0.2, 0) is 4.79 Å². The SMILES string of the molecule is C=CC(C)C(=O)N1CCN(c2ccc(-c3cc(OCC)cnc3C(=CN)CC)cn2)CC1. The molecule has 0 saturated carbocycles. The lowest BCUT2D eigenvalue weighted by atomic mass is 9.99. The van der Waals surface area contributed by atoms with E-state index in [1.165, 1.54) is 0 Å². The van der Waals surface area contributed by atoms with Gasteiger partial charge in [-0.25, -0.2) is 4.98 Å². The minimum atomic E-state index is -0.148. The lowest BCUT2D eigenvalue weighted by molar-refractivity contribution is -0.133. The molecule has 1 amide bonds. The van der Waals surface area contributed by atoms with Crippen LogP contribution in [0.25, 0.3) is 16.7 Å². The summed E-state index contributed by atoms with van der Waals surface area (Å²) < 4.78 is 5.66. The first-order valence-corrected chi connectivity index (χ1v) is 11.2. The molecule has 7 heteroatoms. The number of ether oxygens (including phenoxy) is 1. The molecule has 0 aliphatic carbocycles. The van der Waals surface area contributed by atoms with Crippen LogP contribution >= 0.6 is 0 Å². The van der Waals surface area contributed by atoms with Crippen LogP contribution in [0.3, 0.4) is 0 Å². The zero-order valence-electron chi connectivity index (χ0n) is 19.3. The van der Waals surface area contributed by atoms with Crippen molar-refractivity contribution in [2.45, 2.75) is 27.2 Å². The topological polar surface area (TPSA) is 84.6 Å². The summed E-state index contributed by atoms with van der Waals surface area (Å²) in [6.07, 6.45) is 7.69. The van der Waals surface area contributed by atoms with Crippen molar-refractivity contribution in [2.24, 2.45) is 11.7 Å². The zero-order valence-corrected chi connectivity index (χ0v) is 19.3. The van der Waals surface area contributed by atoms with Gasteiger partial charge in [0.25, 0.3) is 0 Å². The quantitative estimate of drug-likeness (QED) is 0.636. The number of piperazine rings is 1. The van der Waals surface area contributed by atoms with Gasteiger partial charge in [-0.15, -0.1) is 6.58 Å². The van der Waals surface area contributed by atoms with Gasteiger partial charge in [0.05, 0.1) is 24.4 Å². The highest BCUT2D eigenvalue weighted by molar-refractivity contribution is 5.81. The van der Waals surface area contributed by atoms with Gasteiger partial charge in [0.2, 0.25) is 5.91 Å². The van der Waals surface area contributed by atoms with Crippen molar-refractivity contribution in [1.82, 2.24) is 14.9 Å². The smallest absolute Gasteiger partial charge is 0.229 e. The first kappa shape index (κ1) is 23.3. The highest BCUT2D eigenvalue weighted by Crippen LogP contribution is 2.32. The van der Waals surface area contributed by atoms with E-state index in [4.69, 9.17) is 15.5 Å². The van der Waals surface area contributed by atoms with Gasteiger partial charge >= 0.3 is 0 Å². The Morgan fingerprint density at radius 1 is 1.22 bits per heavy atom. The molecular formula is C25H33N5O2. The Morgan fingerprint density at radius 3 is 2.53 bits per heavy atom. The maximum absolute atomic E-state index is 12.4. The number of rotatable bonds is 8. The maximum atomic E-state index is 12.4. The van der Waals surface area contributed by atoms with E-state index in [9.17, 15) is 4.79 Å². The van der Waals surface area contributed by atoms with E-state index in [1.54, 1.807) is 18.5 Å². The second-order valence-corrected chi connectivity index (χ2v) is 7.79. The molecule has 2 aromatic heterocycles. The number of anilines is 1. The number of pyridine rings is 2. The van der Waals surface area contributed by atoms with Gasteiger partial charge in [-0.1, -0.05) is 19.9 Å². The van der Waals surface area contributed by atoms with Gasteiger partial charge in [-0.05, 0) is 43.3 Å². The Bertz CT molecular complexity index is 963. The molecule has 0 aromatic carbocycles. The first-order valence-electron chi connectivity index (χ1n) is 11.2. The average molecular weight is 436 g/mol. The summed E-state index contributed by atoms with van der Waals surface area (Å²) in [6.45, 7) is 13.1. The summed E-state index contributed by atoms with van der Waals surface area (Å²) in [6, 6.07) is 6.07. The second kappa shape index (κ2) is 10.8. The number of nitrogens with two attached hydrogens (primary N) is 1. The molecule has 7 nitrogen and oxygen atoms in total. The Labute approximate surface area is 190 Å². The summed E-state index contributed by atoms with van der Waals surface area (Å²) >= 11 is 0. The molecule has 1 aliphatic rings. The number of amides is 1. The van der Waals surface area contributed by atoms with Crippen LogP contribution in [0, 0.1) is 5.92 Å². The Balaban J connectivity index is 1.79. The van der Waals surface area contributed by atoms with Gasteiger partial charge < -0.3 is 20.3 Å². The molecule has 1 saturated heterocycles. The number of hydrogen-bond donors (Lipinski definition) is 1. The van der Waals surface area contributed by atoms with E-state index in [2.05, 4.69) is 29.5 Å². The molecule has 170 valence electrons. The summed E-state index contributed by atoms with van der Waals surface area (Å²) in [5, 5.41) is 0. The molecule has 1 fully saturated rings. The first-order chi connectivity index (χ1) is 15.5. The van der Waals surface area contributed by atoms with Crippen LogP contribution in [0.1, 0.15) is 32.9 Å². The van der Waals surface area contributed by atoms with E-state index in [0.717, 1.165) is 53.5 Å². The summed E-state index contributed by atoms with van der Waals surface area (Å²) in [5.74, 6) is 1.61. The van der Waals surface area contributed by atoms with Gasteiger partial charge in [0.1, 0.15) is 11.6 Å². The third-order valence-corrected chi connectivity index (χ3v) is 5.78. The number of nitrogens with zero attached hydrogens (tertiary/aromatic N) is 4. The largest absolute Gasteiger partial charge is 0.492 e. The molecule has 2 N–H and O–H groups in total. The molecule has 2 aromatic rings. The van der Waals surface area contributed by atoms with Crippen molar-refractivity contribution in [3.8, 4) is 16.9 Å². The lowest BCUT2D eigenvalue weighted by Gasteiger charge is -2.36. The number of aromatic nitrogens is 2. The van der Waals surface area contributed by atoms with E-state index >= 15 is 0 Å². The fraction of sp³-hybridized carbons (Fsp3) is 0.400. The number of carbonyl (C=O) groups excluding carboxylic acids is 1. The van der Waals surface area contributed by atoms with Crippen molar-refractivity contribution in [2.75, 3.05) is 37.7 Å². The number of allylic oxidation sites excluding steroid dienone is 1. The van der Waals surface area contributed by atoms with Crippen molar-refractivity contribution in [1.29, 1.82) is 0 Å². The molecule has 3 heterocycles. The van der Waals surface area contributed by atoms with Crippen molar-refractivity contribution in [3.63, 3.8) is 0 Å². The normalized spacial score (nSPS) is 15.4. The lowest BCUT2D eigenvalue weighted by Crippen LogP contribution is -2.50. The fourth-order valence-corrected chi connectivity index (χ4v) is 3.81. The minimum Gasteiger partial charge on any atom is -0.492 e. The molecular weight excluding hydrogens is 402 g/mol. The number of carbonyl (C=O) groups is 1. The molecule has 1 aliphatic heterocycles. The monoisotopic (exact) mass is 435 g/mol. The van der Waals surface area contributed by atoms with Crippen molar-refractivity contribution < 1.29 is 9.53 Å². The van der Waals surface area contributed by atoms with Gasteiger partial charge in [0, 0.05) is 43.5 Å². The van der Waals surface area contributed by atoms with Crippen LogP contribution in [-0.4, -0.2) is 53.6 Å². The highest BCUT2D eigenvalue weighted by Gasteiger charge is 2.24. The van der Waals surface area contributed by atoms with E-state index in [-0.39, 0.29) is 11.8 Å². The van der Waals surface area contributed by atoms with E-state index in [0.29, 0.717) is 19.7 Å². The molecule has 0 bridgehead atoms. The number of hydrogen-bond acceptors (Lipinski definition) is 6. The van der Waals surface area contributed by atoms with Crippen LogP contribution in [0.15, 0.2) is 49.4 Å². The maximum Gasteiger partial charge on any atom is 0.229 e. The Morgan fingerprint density at radius 2 is 1.97 bits per heavy atom. The van der Waals surface area contributed by atoms with Gasteiger partial charge in [-0.3, -0.25) is 9.78 Å². The summed E-state index contributed by atoms with van der Waals surface area (Å²) in [4.78, 5) is 25.8. The van der Waals surface area contributed by atoms with Crippen LogP contribution in [0.4, 0.5) is 5.82 Å². The predicted octanol–water partition coefficient (Wildman–Crippen LogP) is 3.72. The molecule has 32 heavy (non-hydrogen) atoms. The third-order valence-electron chi connectivity index (χ3n) is 5.78. The average Bonchev–Trinajstić information content (AvgIpc) is 2.85. The van der Waals surface area contributed by atoms with E-state index < -0.39 is 0 Å². The molecule has 0 radical (unpaired) electrons. The Kier molecular flexibility index (Phi) is 7.87. The molecule has 1 atom stereocenters. The van der Waals surface area contributed by atoms with Crippen LogP contribution in [0.5, 0.6) is 5.75 Å². The summed E-state index contributed by atoms with van der Waals surface area (Å²) in [5.41, 5.74) is 9.57. The van der Waals surface area contributed by atoms with E-state index in [1.807, 2.05) is 37.1 Å².